The normalized spacial score (nSPS) is 17.2. The van der Waals surface area contributed by atoms with Gasteiger partial charge in [-0.05, 0) is 49.1 Å². The molecular weight excluding hydrogens is 438 g/mol. The predicted octanol–water partition coefficient (Wildman–Crippen LogP) is 4.78. The number of rotatable bonds is 6. The maximum Gasteiger partial charge on any atom is 0.338 e. The van der Waals surface area contributed by atoms with E-state index >= 15 is 0 Å². The Hall–Kier alpha value is -3.52. The van der Waals surface area contributed by atoms with Crippen molar-refractivity contribution >= 4 is 34.5 Å². The van der Waals surface area contributed by atoms with Crippen molar-refractivity contribution in [2.24, 2.45) is 4.99 Å². The molecule has 2 aliphatic rings. The zero-order valence-corrected chi connectivity index (χ0v) is 19.7. The van der Waals surface area contributed by atoms with Crippen molar-refractivity contribution in [3.8, 4) is 5.75 Å². The number of hydrogen-bond acceptors (Lipinski definition) is 7. The molecule has 4 rings (SSSR count). The monoisotopic (exact) mass is 463 g/mol. The van der Waals surface area contributed by atoms with E-state index in [1.165, 1.54) is 18.9 Å². The molecule has 1 amide bonds. The van der Waals surface area contributed by atoms with Crippen molar-refractivity contribution in [3.05, 3.63) is 82.0 Å². The number of aryl methyl sites for hydroxylation is 1. The van der Waals surface area contributed by atoms with Crippen molar-refractivity contribution < 1.29 is 19.1 Å². The highest BCUT2D eigenvalue weighted by atomic mass is 32.2. The Labute approximate surface area is 197 Å². The number of esters is 1. The standard InChI is InChI=1S/C25H25N3O4S/c1-15-8-10-18(11-9-15)27-21(29)13-19-14-33-25-26-16(2)22(24(30)32-4)23(28(19)25)17-6-5-7-20(12-17)31-3/h5-12,14,23H,13H2,1-4H3,(H,27,29)/t23-/m0/s1. The van der Waals surface area contributed by atoms with E-state index in [1.807, 2.05) is 65.8 Å². The third-order valence-electron chi connectivity index (χ3n) is 5.49. The minimum Gasteiger partial charge on any atom is -0.497 e. The molecule has 1 atom stereocenters. The number of ether oxygens (including phenoxy) is 2. The molecule has 0 aromatic heterocycles. The first-order chi connectivity index (χ1) is 15.9. The van der Waals surface area contributed by atoms with Crippen LogP contribution in [0.1, 0.15) is 30.5 Å². The second kappa shape index (κ2) is 9.54. The van der Waals surface area contributed by atoms with E-state index in [9.17, 15) is 9.59 Å². The fraction of sp³-hybridized carbons (Fsp3) is 0.240. The van der Waals surface area contributed by atoms with E-state index in [0.29, 0.717) is 22.2 Å². The summed E-state index contributed by atoms with van der Waals surface area (Å²) in [6.07, 6.45) is 0.133. The number of amidine groups is 1. The minimum absolute atomic E-state index is 0.133. The van der Waals surface area contributed by atoms with Gasteiger partial charge >= 0.3 is 5.97 Å². The summed E-state index contributed by atoms with van der Waals surface area (Å²) in [5.74, 6) is 0.0682. The fourth-order valence-electron chi connectivity index (χ4n) is 3.87. The molecule has 0 spiro atoms. The topological polar surface area (TPSA) is 80.2 Å². The van der Waals surface area contributed by atoms with Crippen molar-refractivity contribution in [1.82, 2.24) is 4.90 Å². The van der Waals surface area contributed by atoms with Gasteiger partial charge in [0.1, 0.15) is 5.75 Å². The van der Waals surface area contributed by atoms with Gasteiger partial charge in [0.2, 0.25) is 5.91 Å². The SMILES string of the molecule is COC(=O)C1=C(C)N=C2SC=C(CC(=O)Nc3ccc(C)cc3)N2[C@H]1c1cccc(OC)c1. The van der Waals surface area contributed by atoms with Gasteiger partial charge in [-0.3, -0.25) is 4.79 Å². The second-order valence-electron chi connectivity index (χ2n) is 7.75. The van der Waals surface area contributed by atoms with Crippen molar-refractivity contribution in [1.29, 1.82) is 0 Å². The Bertz CT molecular complexity index is 1180. The quantitative estimate of drug-likeness (QED) is 0.621. The van der Waals surface area contributed by atoms with Gasteiger partial charge in [-0.2, -0.15) is 0 Å². The Kier molecular flexibility index (Phi) is 6.55. The van der Waals surface area contributed by atoms with Gasteiger partial charge in [-0.25, -0.2) is 9.79 Å². The lowest BCUT2D eigenvalue weighted by molar-refractivity contribution is -0.136. The molecule has 2 aromatic rings. The number of fused-ring (bicyclic) bond motifs is 1. The van der Waals surface area contributed by atoms with Gasteiger partial charge in [0, 0.05) is 11.4 Å². The highest BCUT2D eigenvalue weighted by molar-refractivity contribution is 8.16. The van der Waals surface area contributed by atoms with Crippen molar-refractivity contribution in [2.75, 3.05) is 19.5 Å². The van der Waals surface area contributed by atoms with Gasteiger partial charge < -0.3 is 19.7 Å². The van der Waals surface area contributed by atoms with E-state index in [-0.39, 0.29) is 12.3 Å². The van der Waals surface area contributed by atoms with Crippen LogP contribution in [0.2, 0.25) is 0 Å². The molecule has 7 nitrogen and oxygen atoms in total. The summed E-state index contributed by atoms with van der Waals surface area (Å²) in [5.41, 5.74) is 4.48. The Morgan fingerprint density at radius 3 is 2.58 bits per heavy atom. The van der Waals surface area contributed by atoms with Gasteiger partial charge in [-0.1, -0.05) is 41.6 Å². The molecule has 0 bridgehead atoms. The number of thioether (sulfide) groups is 1. The molecule has 8 heteroatoms. The molecule has 2 heterocycles. The van der Waals surface area contributed by atoms with Crippen LogP contribution in [-0.2, 0) is 14.3 Å². The number of benzene rings is 2. The average Bonchev–Trinajstić information content (AvgIpc) is 3.20. The number of allylic oxidation sites excluding steroid dienone is 1. The van der Waals surface area contributed by atoms with E-state index < -0.39 is 12.0 Å². The molecule has 0 unspecified atom stereocenters. The summed E-state index contributed by atoms with van der Waals surface area (Å²) >= 11 is 1.43. The molecule has 0 saturated carbocycles. The second-order valence-corrected chi connectivity index (χ2v) is 8.59. The first-order valence-electron chi connectivity index (χ1n) is 10.4. The molecule has 0 aliphatic carbocycles. The average molecular weight is 464 g/mol. The molecule has 170 valence electrons. The lowest BCUT2D eigenvalue weighted by Crippen LogP contribution is -2.37. The number of hydrogen-bond donors (Lipinski definition) is 1. The molecule has 1 N–H and O–H groups in total. The maximum absolute atomic E-state index is 12.9. The molecule has 0 fully saturated rings. The lowest BCUT2D eigenvalue weighted by atomic mass is 9.93. The van der Waals surface area contributed by atoms with Crippen molar-refractivity contribution in [2.45, 2.75) is 26.3 Å². The first kappa shape index (κ1) is 22.7. The van der Waals surface area contributed by atoms with Crippen LogP contribution in [0.4, 0.5) is 5.69 Å². The summed E-state index contributed by atoms with van der Waals surface area (Å²) in [6.45, 7) is 3.79. The largest absolute Gasteiger partial charge is 0.497 e. The smallest absolute Gasteiger partial charge is 0.338 e. The summed E-state index contributed by atoms with van der Waals surface area (Å²) in [7, 11) is 2.95. The van der Waals surface area contributed by atoms with E-state index in [2.05, 4.69) is 10.3 Å². The van der Waals surface area contributed by atoms with Crippen LogP contribution in [0, 0.1) is 6.92 Å². The third-order valence-corrected chi connectivity index (χ3v) is 6.38. The lowest BCUT2D eigenvalue weighted by Gasteiger charge is -2.36. The minimum atomic E-state index is -0.492. The molecule has 2 aromatic carbocycles. The summed E-state index contributed by atoms with van der Waals surface area (Å²) in [4.78, 5) is 32.2. The number of methoxy groups -OCH3 is 2. The van der Waals surface area contributed by atoms with Crippen molar-refractivity contribution in [3.63, 3.8) is 0 Å². The van der Waals surface area contributed by atoms with Crippen LogP contribution in [0.3, 0.4) is 0 Å². The maximum atomic E-state index is 12.9. The zero-order valence-electron chi connectivity index (χ0n) is 18.9. The Morgan fingerprint density at radius 1 is 1.12 bits per heavy atom. The van der Waals surface area contributed by atoms with Crippen LogP contribution < -0.4 is 10.1 Å². The summed E-state index contributed by atoms with van der Waals surface area (Å²) in [6, 6.07) is 14.7. The first-order valence-corrected chi connectivity index (χ1v) is 11.3. The molecular formula is C25H25N3O4S. The van der Waals surface area contributed by atoms with Gasteiger partial charge in [-0.15, -0.1) is 0 Å². The molecule has 33 heavy (non-hydrogen) atoms. The number of amides is 1. The molecule has 0 radical (unpaired) electrons. The van der Waals surface area contributed by atoms with E-state index in [0.717, 1.165) is 22.5 Å². The Balaban J connectivity index is 1.67. The van der Waals surface area contributed by atoms with Crippen LogP contribution in [0.5, 0.6) is 5.75 Å². The van der Waals surface area contributed by atoms with Gasteiger partial charge in [0.25, 0.3) is 0 Å². The van der Waals surface area contributed by atoms with E-state index in [4.69, 9.17) is 9.47 Å². The van der Waals surface area contributed by atoms with Crippen LogP contribution in [0.25, 0.3) is 0 Å². The Morgan fingerprint density at radius 2 is 1.88 bits per heavy atom. The number of carbonyl (C=O) groups is 2. The van der Waals surface area contributed by atoms with Gasteiger partial charge in [0.15, 0.2) is 5.17 Å². The highest BCUT2D eigenvalue weighted by Gasteiger charge is 2.41. The van der Waals surface area contributed by atoms with E-state index in [1.54, 1.807) is 14.0 Å². The van der Waals surface area contributed by atoms with Crippen LogP contribution >= 0.6 is 11.8 Å². The fourth-order valence-corrected chi connectivity index (χ4v) is 4.84. The zero-order chi connectivity index (χ0) is 23.5. The highest BCUT2D eigenvalue weighted by Crippen LogP contribution is 2.45. The van der Waals surface area contributed by atoms with Crippen LogP contribution in [0.15, 0.2) is 75.9 Å². The number of nitrogens with zero attached hydrogens (tertiary/aromatic N) is 2. The predicted molar refractivity (Wildman–Crippen MR) is 130 cm³/mol. The summed E-state index contributed by atoms with van der Waals surface area (Å²) < 4.78 is 10.5. The summed E-state index contributed by atoms with van der Waals surface area (Å²) in [5, 5.41) is 5.56. The molecule has 0 saturated heterocycles. The van der Waals surface area contributed by atoms with Gasteiger partial charge in [0.05, 0.1) is 38.0 Å². The third kappa shape index (κ3) is 4.66. The molecule has 2 aliphatic heterocycles. The number of anilines is 1. The number of nitrogens with one attached hydrogen (secondary N) is 1. The number of carbonyl (C=O) groups excluding carboxylic acids is 2. The number of aliphatic imine (C=N–C) groups is 1. The van der Waals surface area contributed by atoms with Crippen LogP contribution in [-0.4, -0.2) is 36.2 Å².